The van der Waals surface area contributed by atoms with Crippen molar-refractivity contribution in [1.29, 1.82) is 0 Å². The maximum atomic E-state index is 13.5. The van der Waals surface area contributed by atoms with E-state index < -0.39 is 0 Å². The number of carbonyl (C=O) groups is 2. The summed E-state index contributed by atoms with van der Waals surface area (Å²) in [7, 11) is 1.42. The van der Waals surface area contributed by atoms with E-state index in [1.807, 2.05) is 49.5 Å². The standard InChI is InChI=1S/C39H39N5O3/c1-7-25-20(2)30-17-34-28(19-40-24-11-9-8-10-12-24)22(4)29(42-34)16-31-21(3)26(13-14-36(46)47-6)38(43-31)27-15-35(45)37-23(5)32(44-39(27)37)18-33(25)41-30/h8-12,16-19,21,26,40,43H,7,13-15H2,1-6H3/b28-19-,30-17?,31-16?,32-18?,38-27?/t21-,26-/m0/s1. The van der Waals surface area contributed by atoms with Crippen LogP contribution in [0, 0.1) is 11.8 Å². The van der Waals surface area contributed by atoms with Crippen LogP contribution in [0.4, 0.5) is 5.69 Å². The number of ether oxygens (including phenoxy) is 1. The number of methoxy groups -OCH3 is 1. The molecule has 0 spiro atoms. The molecular weight excluding hydrogens is 586 g/mol. The Balaban J connectivity index is 1.44. The molecule has 1 saturated heterocycles. The van der Waals surface area contributed by atoms with E-state index in [4.69, 9.17) is 19.7 Å². The Labute approximate surface area is 275 Å². The van der Waals surface area contributed by atoms with Gasteiger partial charge in [0.15, 0.2) is 5.78 Å². The van der Waals surface area contributed by atoms with E-state index in [-0.39, 0.29) is 36.4 Å². The smallest absolute Gasteiger partial charge is 0.305 e. The van der Waals surface area contributed by atoms with Gasteiger partial charge in [0.1, 0.15) is 0 Å². The van der Waals surface area contributed by atoms with Crippen molar-refractivity contribution in [3.63, 3.8) is 0 Å². The number of nitrogens with zero attached hydrogens (tertiary/aromatic N) is 3. The molecule has 8 nitrogen and oxygen atoms in total. The molecule has 2 atom stereocenters. The predicted octanol–water partition coefficient (Wildman–Crippen LogP) is 7.36. The minimum atomic E-state index is -0.247. The lowest BCUT2D eigenvalue weighted by Gasteiger charge is -2.17. The number of hydrogen-bond donors (Lipinski definition) is 2. The molecule has 8 bridgehead atoms. The molecule has 0 aromatic heterocycles. The van der Waals surface area contributed by atoms with Crippen LogP contribution in [0.15, 0.2) is 137 Å². The number of nitrogens with one attached hydrogen (secondary N) is 2. The van der Waals surface area contributed by atoms with E-state index in [0.29, 0.717) is 12.0 Å². The zero-order chi connectivity index (χ0) is 33.0. The summed E-state index contributed by atoms with van der Waals surface area (Å²) in [4.78, 5) is 41.2. The number of esters is 1. The van der Waals surface area contributed by atoms with Gasteiger partial charge in [-0.3, -0.25) is 9.59 Å². The number of benzene rings is 1. The van der Waals surface area contributed by atoms with Crippen LogP contribution in [0.25, 0.3) is 0 Å². The van der Waals surface area contributed by atoms with Gasteiger partial charge < -0.3 is 15.4 Å². The summed E-state index contributed by atoms with van der Waals surface area (Å²) < 4.78 is 5.00. The summed E-state index contributed by atoms with van der Waals surface area (Å²) in [6.45, 7) is 10.5. The van der Waals surface area contributed by atoms with Crippen molar-refractivity contribution in [1.82, 2.24) is 5.32 Å². The highest BCUT2D eigenvalue weighted by atomic mass is 16.5. The number of allylic oxidation sites excluding steroid dienone is 12. The summed E-state index contributed by atoms with van der Waals surface area (Å²) >= 11 is 0. The number of fused-ring (bicyclic) bond motifs is 5. The first-order valence-corrected chi connectivity index (χ1v) is 16.3. The summed E-state index contributed by atoms with van der Waals surface area (Å²) in [6, 6.07) is 10.1. The molecule has 1 saturated carbocycles. The monoisotopic (exact) mass is 625 g/mol. The number of rotatable bonds is 6. The van der Waals surface area contributed by atoms with E-state index >= 15 is 0 Å². The molecule has 2 fully saturated rings. The van der Waals surface area contributed by atoms with Gasteiger partial charge in [0.2, 0.25) is 0 Å². The van der Waals surface area contributed by atoms with Crippen molar-refractivity contribution in [2.75, 3.05) is 12.4 Å². The molecule has 2 N–H and O–H groups in total. The second-order valence-electron chi connectivity index (χ2n) is 12.8. The lowest BCUT2D eigenvalue weighted by atomic mass is 9.86. The predicted molar refractivity (Wildman–Crippen MR) is 187 cm³/mol. The molecule has 5 aliphatic heterocycles. The fourth-order valence-electron chi connectivity index (χ4n) is 7.35. The summed E-state index contributed by atoms with van der Waals surface area (Å²) in [5.74, 6) is -0.143. The molecule has 0 unspecified atom stereocenters. The van der Waals surface area contributed by atoms with Crippen LogP contribution in [0.2, 0.25) is 0 Å². The van der Waals surface area contributed by atoms with Gasteiger partial charge in [0.05, 0.1) is 41.3 Å². The first-order chi connectivity index (χ1) is 22.7. The van der Waals surface area contributed by atoms with Crippen LogP contribution >= 0.6 is 0 Å². The van der Waals surface area contributed by atoms with Crippen LogP contribution in [0.1, 0.15) is 60.3 Å². The van der Waals surface area contributed by atoms with Crippen molar-refractivity contribution < 1.29 is 14.3 Å². The van der Waals surface area contributed by atoms with Gasteiger partial charge >= 0.3 is 5.97 Å². The van der Waals surface area contributed by atoms with Crippen molar-refractivity contribution >= 4 is 34.6 Å². The van der Waals surface area contributed by atoms with E-state index in [1.165, 1.54) is 7.11 Å². The average Bonchev–Trinajstić information content (AvgIpc) is 3.82. The average molecular weight is 626 g/mol. The number of anilines is 1. The quantitative estimate of drug-likeness (QED) is 0.322. The topological polar surface area (TPSA) is 105 Å². The first-order valence-electron chi connectivity index (χ1n) is 16.3. The first kappa shape index (κ1) is 30.5. The van der Waals surface area contributed by atoms with Crippen LogP contribution in [0.5, 0.6) is 0 Å². The molecule has 6 aliphatic rings. The fraction of sp³-hybridized carbons (Fsp3) is 0.308. The number of carbonyl (C=O) groups excluding carboxylic acids is 2. The Kier molecular flexibility index (Phi) is 7.74. The molecule has 1 aromatic carbocycles. The molecule has 7 rings (SSSR count). The lowest BCUT2D eigenvalue weighted by Crippen LogP contribution is -2.15. The van der Waals surface area contributed by atoms with E-state index in [0.717, 1.165) is 91.2 Å². The SMILES string of the molecule is CCC1=C(C)C2=CC3=NC(=C(C)/C3=C/Nc3ccccc3)C=C3NC(=C4CC(=O)C5=C(C)C(=CC1=N2)N=C45)[C@@H](CCC(=O)OC)[C@@H]3C. The number of para-hydroxylation sites is 1. The van der Waals surface area contributed by atoms with E-state index in [2.05, 4.69) is 50.5 Å². The molecule has 238 valence electrons. The van der Waals surface area contributed by atoms with Gasteiger partial charge in [-0.15, -0.1) is 0 Å². The van der Waals surface area contributed by atoms with Gasteiger partial charge in [0, 0.05) is 64.7 Å². The number of aliphatic imine (C=N–C) groups is 3. The highest BCUT2D eigenvalue weighted by molar-refractivity contribution is 6.38. The highest BCUT2D eigenvalue weighted by Gasteiger charge is 2.43. The Morgan fingerprint density at radius 3 is 2.49 bits per heavy atom. The Morgan fingerprint density at radius 1 is 1.00 bits per heavy atom. The zero-order valence-corrected chi connectivity index (χ0v) is 27.7. The fourth-order valence-corrected chi connectivity index (χ4v) is 7.35. The maximum Gasteiger partial charge on any atom is 0.305 e. The van der Waals surface area contributed by atoms with Crippen molar-refractivity contribution in [3.05, 3.63) is 122 Å². The molecule has 47 heavy (non-hydrogen) atoms. The van der Waals surface area contributed by atoms with Crippen molar-refractivity contribution in [3.8, 4) is 0 Å². The summed E-state index contributed by atoms with van der Waals surface area (Å²) in [5, 5.41) is 7.18. The largest absolute Gasteiger partial charge is 0.469 e. The minimum absolute atomic E-state index is 0.0190. The van der Waals surface area contributed by atoms with Crippen LogP contribution in [-0.2, 0) is 14.3 Å². The third kappa shape index (κ3) is 5.22. The zero-order valence-electron chi connectivity index (χ0n) is 27.7. The minimum Gasteiger partial charge on any atom is -0.469 e. The number of hydrogen-bond acceptors (Lipinski definition) is 8. The molecule has 1 aromatic rings. The van der Waals surface area contributed by atoms with Gasteiger partial charge in [-0.1, -0.05) is 32.0 Å². The molecule has 8 heteroatoms. The lowest BCUT2D eigenvalue weighted by molar-refractivity contribution is -0.140. The van der Waals surface area contributed by atoms with Gasteiger partial charge in [0.25, 0.3) is 0 Å². The van der Waals surface area contributed by atoms with Gasteiger partial charge in [-0.2, -0.15) is 0 Å². The second kappa shape index (κ2) is 11.9. The maximum absolute atomic E-state index is 13.5. The molecular formula is C39H39N5O3. The third-order valence-corrected chi connectivity index (χ3v) is 10.1. The normalized spacial score (nSPS) is 24.0. The molecule has 0 amide bonds. The van der Waals surface area contributed by atoms with Gasteiger partial charge in [-0.25, -0.2) is 15.0 Å². The molecule has 0 radical (unpaired) electrons. The Morgan fingerprint density at radius 2 is 1.74 bits per heavy atom. The molecule has 1 aliphatic carbocycles. The van der Waals surface area contributed by atoms with E-state index in [9.17, 15) is 9.59 Å². The number of Topliss-reactive ketones (excluding diaryl/α,β-unsaturated/α-hetero) is 1. The van der Waals surface area contributed by atoms with Crippen molar-refractivity contribution in [2.45, 2.75) is 60.3 Å². The molecule has 5 heterocycles. The highest BCUT2D eigenvalue weighted by Crippen LogP contribution is 2.45. The van der Waals surface area contributed by atoms with Crippen LogP contribution in [0.3, 0.4) is 0 Å². The van der Waals surface area contributed by atoms with Gasteiger partial charge in [-0.05, 0) is 86.3 Å². The van der Waals surface area contributed by atoms with Crippen LogP contribution < -0.4 is 10.6 Å². The Hall–Kier alpha value is -5.11. The summed E-state index contributed by atoms with van der Waals surface area (Å²) in [6.07, 6.45) is 10.2. The van der Waals surface area contributed by atoms with E-state index in [1.54, 1.807) is 0 Å². The Bertz CT molecular complexity index is 1990. The number of ketones is 1. The van der Waals surface area contributed by atoms with Crippen LogP contribution in [-0.4, -0.2) is 36.0 Å². The third-order valence-electron chi connectivity index (χ3n) is 10.1. The van der Waals surface area contributed by atoms with Crippen molar-refractivity contribution in [2.24, 2.45) is 26.8 Å². The second-order valence-corrected chi connectivity index (χ2v) is 12.8. The summed E-state index contributed by atoms with van der Waals surface area (Å²) in [5.41, 5.74) is 14.7.